The number of fused-ring (bicyclic) bond motifs is 5. The maximum absolute atomic E-state index is 12.2. The van der Waals surface area contributed by atoms with E-state index in [1.807, 2.05) is 6.92 Å². The lowest BCUT2D eigenvalue weighted by Crippen LogP contribution is -2.62. The summed E-state index contributed by atoms with van der Waals surface area (Å²) in [6.07, 6.45) is 10.6. The van der Waals surface area contributed by atoms with Gasteiger partial charge in [-0.25, -0.2) is 4.79 Å². The van der Waals surface area contributed by atoms with Crippen molar-refractivity contribution < 1.29 is 19.7 Å². The van der Waals surface area contributed by atoms with Gasteiger partial charge in [-0.2, -0.15) is 0 Å². The standard InChI is InChI=1S/C24H36O4/c1-14-17(13-21(26)28-14)18-8-11-24(27)20-5-4-15-12-16(25)6-9-22(15,2)19(20)7-10-23(18,24)3/h13-16,18-20,25,27H,4-12H2,1-3H3/t14-,15-,16+,18-,19+,20-,22+,23-,24+/m1/s1. The Hall–Kier alpha value is -0.870. The molecule has 0 aromatic rings. The van der Waals surface area contributed by atoms with Crippen molar-refractivity contribution in [2.45, 2.75) is 96.4 Å². The Morgan fingerprint density at radius 1 is 1.04 bits per heavy atom. The second-order valence-corrected chi connectivity index (χ2v) is 11.1. The summed E-state index contributed by atoms with van der Waals surface area (Å²) in [6, 6.07) is 0. The zero-order valence-electron chi connectivity index (χ0n) is 17.6. The van der Waals surface area contributed by atoms with Crippen LogP contribution in [0.5, 0.6) is 0 Å². The largest absolute Gasteiger partial charge is 0.455 e. The van der Waals surface area contributed by atoms with Crippen molar-refractivity contribution in [1.29, 1.82) is 0 Å². The van der Waals surface area contributed by atoms with Gasteiger partial charge in [-0.05, 0) is 99.4 Å². The molecule has 0 aromatic heterocycles. The van der Waals surface area contributed by atoms with Crippen LogP contribution in [0.25, 0.3) is 0 Å². The van der Waals surface area contributed by atoms with Crippen molar-refractivity contribution in [1.82, 2.24) is 0 Å². The van der Waals surface area contributed by atoms with Gasteiger partial charge in [-0.1, -0.05) is 13.8 Å². The second kappa shape index (κ2) is 6.07. The quantitative estimate of drug-likeness (QED) is 0.667. The van der Waals surface area contributed by atoms with Gasteiger partial charge < -0.3 is 14.9 Å². The Morgan fingerprint density at radius 2 is 1.82 bits per heavy atom. The summed E-state index contributed by atoms with van der Waals surface area (Å²) >= 11 is 0. The third-order valence-electron chi connectivity index (χ3n) is 10.3. The number of hydrogen-bond donors (Lipinski definition) is 2. The molecule has 156 valence electrons. The lowest BCUT2D eigenvalue weighted by molar-refractivity contribution is -0.208. The summed E-state index contributed by atoms with van der Waals surface area (Å²) in [5.41, 5.74) is 0.565. The van der Waals surface area contributed by atoms with Gasteiger partial charge in [0.2, 0.25) is 0 Å². The fourth-order valence-electron chi connectivity index (χ4n) is 8.65. The first kappa shape index (κ1) is 19.1. The predicted octanol–water partition coefficient (Wildman–Crippen LogP) is 3.99. The summed E-state index contributed by atoms with van der Waals surface area (Å²) < 4.78 is 5.41. The molecule has 0 saturated heterocycles. The van der Waals surface area contributed by atoms with Crippen LogP contribution in [0.4, 0.5) is 0 Å². The number of carbonyl (C=O) groups is 1. The van der Waals surface area contributed by atoms with Crippen molar-refractivity contribution in [3.8, 4) is 0 Å². The molecular weight excluding hydrogens is 352 g/mol. The van der Waals surface area contributed by atoms with Gasteiger partial charge in [0.1, 0.15) is 6.10 Å². The molecule has 4 saturated carbocycles. The van der Waals surface area contributed by atoms with Crippen molar-refractivity contribution in [3.63, 3.8) is 0 Å². The first-order chi connectivity index (χ1) is 13.2. The molecule has 4 aliphatic carbocycles. The van der Waals surface area contributed by atoms with Crippen LogP contribution < -0.4 is 0 Å². The third kappa shape index (κ3) is 2.34. The molecule has 4 nitrogen and oxygen atoms in total. The number of aliphatic hydroxyl groups is 2. The minimum absolute atomic E-state index is 0.129. The molecule has 9 atom stereocenters. The minimum Gasteiger partial charge on any atom is -0.455 e. The van der Waals surface area contributed by atoms with Crippen LogP contribution in [0.1, 0.15) is 78.6 Å². The molecule has 0 unspecified atom stereocenters. The van der Waals surface area contributed by atoms with E-state index in [1.54, 1.807) is 6.08 Å². The highest BCUT2D eigenvalue weighted by Crippen LogP contribution is 2.70. The van der Waals surface area contributed by atoms with E-state index < -0.39 is 5.60 Å². The molecule has 2 N–H and O–H groups in total. The molecule has 0 aromatic carbocycles. The van der Waals surface area contributed by atoms with Crippen LogP contribution in [0.2, 0.25) is 0 Å². The minimum atomic E-state index is -0.642. The topological polar surface area (TPSA) is 66.8 Å². The maximum Gasteiger partial charge on any atom is 0.331 e. The van der Waals surface area contributed by atoms with Gasteiger partial charge in [0.25, 0.3) is 0 Å². The summed E-state index contributed by atoms with van der Waals surface area (Å²) in [7, 11) is 0. The van der Waals surface area contributed by atoms with E-state index in [4.69, 9.17) is 4.74 Å². The Balaban J connectivity index is 1.47. The Kier molecular flexibility index (Phi) is 4.15. The van der Waals surface area contributed by atoms with Gasteiger partial charge in [0.15, 0.2) is 0 Å². The van der Waals surface area contributed by atoms with E-state index in [2.05, 4.69) is 13.8 Å². The smallest absolute Gasteiger partial charge is 0.331 e. The fraction of sp³-hybridized carbons (Fsp3) is 0.875. The van der Waals surface area contributed by atoms with Gasteiger partial charge in [-0.3, -0.25) is 0 Å². The molecule has 5 aliphatic rings. The molecule has 0 radical (unpaired) electrons. The Labute approximate surface area is 168 Å². The molecule has 0 bridgehead atoms. The van der Waals surface area contributed by atoms with Crippen LogP contribution in [0.3, 0.4) is 0 Å². The third-order valence-corrected chi connectivity index (χ3v) is 10.3. The molecule has 0 amide bonds. The van der Waals surface area contributed by atoms with Gasteiger partial charge in [-0.15, -0.1) is 0 Å². The molecule has 0 spiro atoms. The zero-order chi connectivity index (χ0) is 19.9. The van der Waals surface area contributed by atoms with Crippen LogP contribution in [-0.2, 0) is 9.53 Å². The highest BCUT2D eigenvalue weighted by molar-refractivity contribution is 5.86. The highest BCUT2D eigenvalue weighted by Gasteiger charge is 2.67. The number of aliphatic hydroxyl groups excluding tert-OH is 1. The Morgan fingerprint density at radius 3 is 2.54 bits per heavy atom. The average molecular weight is 389 g/mol. The maximum atomic E-state index is 12.2. The molecular formula is C24H36O4. The molecule has 28 heavy (non-hydrogen) atoms. The zero-order valence-corrected chi connectivity index (χ0v) is 17.6. The SMILES string of the molecule is C[C@H]1OC(=O)C=C1[C@H]1CC[C@]2(O)[C@@H]3CC[C@@H]4C[C@@H](O)CC[C@]4(C)[C@H]3CC[C@]12C. The van der Waals surface area contributed by atoms with Crippen LogP contribution in [0, 0.1) is 34.5 Å². The molecule has 5 rings (SSSR count). The lowest BCUT2D eigenvalue weighted by atomic mass is 9.43. The van der Waals surface area contributed by atoms with Crippen LogP contribution in [0.15, 0.2) is 11.6 Å². The number of esters is 1. The molecule has 1 aliphatic heterocycles. The van der Waals surface area contributed by atoms with Crippen LogP contribution in [-0.4, -0.2) is 34.0 Å². The van der Waals surface area contributed by atoms with Crippen molar-refractivity contribution in [2.75, 3.05) is 0 Å². The Bertz CT molecular complexity index is 715. The number of cyclic esters (lactones) is 1. The number of rotatable bonds is 1. The van der Waals surface area contributed by atoms with Crippen molar-refractivity contribution in [3.05, 3.63) is 11.6 Å². The van der Waals surface area contributed by atoms with E-state index in [1.165, 1.54) is 6.42 Å². The summed E-state index contributed by atoms with van der Waals surface area (Å²) in [4.78, 5) is 11.8. The molecule has 4 fully saturated rings. The first-order valence-electron chi connectivity index (χ1n) is 11.5. The van der Waals surface area contributed by atoms with E-state index in [0.29, 0.717) is 17.8 Å². The van der Waals surface area contributed by atoms with E-state index >= 15 is 0 Å². The number of hydrogen-bond acceptors (Lipinski definition) is 4. The average Bonchev–Trinajstić information content (AvgIpc) is 3.11. The van der Waals surface area contributed by atoms with E-state index in [9.17, 15) is 15.0 Å². The fourth-order valence-corrected chi connectivity index (χ4v) is 8.65. The van der Waals surface area contributed by atoms with E-state index in [0.717, 1.165) is 56.9 Å². The summed E-state index contributed by atoms with van der Waals surface area (Å²) in [6.45, 7) is 6.71. The van der Waals surface area contributed by atoms with Gasteiger partial charge >= 0.3 is 5.97 Å². The van der Waals surface area contributed by atoms with Gasteiger partial charge in [0.05, 0.1) is 11.7 Å². The first-order valence-corrected chi connectivity index (χ1v) is 11.5. The van der Waals surface area contributed by atoms with Crippen molar-refractivity contribution in [2.24, 2.45) is 34.5 Å². The van der Waals surface area contributed by atoms with Crippen LogP contribution >= 0.6 is 0 Å². The molecule has 4 heteroatoms. The molecule has 1 heterocycles. The second-order valence-electron chi connectivity index (χ2n) is 11.1. The predicted molar refractivity (Wildman–Crippen MR) is 106 cm³/mol. The lowest BCUT2D eigenvalue weighted by Gasteiger charge is -2.63. The van der Waals surface area contributed by atoms with E-state index in [-0.39, 0.29) is 34.9 Å². The van der Waals surface area contributed by atoms with Gasteiger partial charge in [0, 0.05) is 11.5 Å². The number of ether oxygens (including phenoxy) is 1. The summed E-state index contributed by atoms with van der Waals surface area (Å²) in [5, 5.41) is 22.4. The number of carbonyl (C=O) groups excluding carboxylic acids is 1. The van der Waals surface area contributed by atoms with Crippen molar-refractivity contribution >= 4 is 5.97 Å². The summed E-state index contributed by atoms with van der Waals surface area (Å²) in [5.74, 6) is 1.54. The highest BCUT2D eigenvalue weighted by atomic mass is 16.5. The normalized spacial score (nSPS) is 55.8. The monoisotopic (exact) mass is 388 g/mol.